The Labute approximate surface area is 67.8 Å². The number of nitrogens with two attached hydrogens (primary N) is 1. The molecule has 0 unspecified atom stereocenters. The summed E-state index contributed by atoms with van der Waals surface area (Å²) >= 11 is 0. The quantitative estimate of drug-likeness (QED) is 0.365. The molecule has 0 heterocycles. The average molecular weight is 153 g/mol. The first-order valence-electron chi connectivity index (χ1n) is 3.83. The van der Waals surface area contributed by atoms with Crippen molar-refractivity contribution in [3.05, 3.63) is 24.3 Å². The monoisotopic (exact) mass is 153 g/mol. The van der Waals surface area contributed by atoms with Crippen LogP contribution in [0.15, 0.2) is 24.3 Å². The van der Waals surface area contributed by atoms with Crippen LogP contribution in [0.5, 0.6) is 0 Å². The Kier molecular flexibility index (Phi) is 5.17. The van der Waals surface area contributed by atoms with Gasteiger partial charge in [0.1, 0.15) is 0 Å². The van der Waals surface area contributed by atoms with Crippen molar-refractivity contribution < 1.29 is 4.79 Å². The molecule has 0 saturated carbocycles. The Morgan fingerprint density at radius 2 is 2.27 bits per heavy atom. The Morgan fingerprint density at radius 1 is 1.64 bits per heavy atom. The minimum Gasteiger partial charge on any atom is -0.366 e. The summed E-state index contributed by atoms with van der Waals surface area (Å²) in [4.78, 5) is 10.4. The second-order valence-electron chi connectivity index (χ2n) is 2.43. The van der Waals surface area contributed by atoms with Gasteiger partial charge in [0.05, 0.1) is 0 Å². The topological polar surface area (TPSA) is 43.1 Å². The molecule has 0 saturated heterocycles. The number of rotatable bonds is 5. The lowest BCUT2D eigenvalue weighted by molar-refractivity contribution is -0.114. The summed E-state index contributed by atoms with van der Waals surface area (Å²) in [7, 11) is 0. The lowest BCUT2D eigenvalue weighted by atomic mass is 10.2. The fourth-order valence-corrected chi connectivity index (χ4v) is 0.630. The highest BCUT2D eigenvalue weighted by atomic mass is 16.1. The Morgan fingerprint density at radius 3 is 2.73 bits per heavy atom. The largest absolute Gasteiger partial charge is 0.366 e. The van der Waals surface area contributed by atoms with Gasteiger partial charge in [-0.05, 0) is 6.42 Å². The van der Waals surface area contributed by atoms with Gasteiger partial charge in [0.15, 0.2) is 0 Å². The number of carbonyl (C=O) groups is 1. The van der Waals surface area contributed by atoms with Crippen LogP contribution in [0.3, 0.4) is 0 Å². The predicted octanol–water partition coefficient (Wildman–Crippen LogP) is 1.77. The van der Waals surface area contributed by atoms with Gasteiger partial charge >= 0.3 is 0 Å². The van der Waals surface area contributed by atoms with Crippen molar-refractivity contribution in [2.75, 3.05) is 0 Å². The number of primary amides is 1. The first-order chi connectivity index (χ1) is 5.18. The van der Waals surface area contributed by atoms with Gasteiger partial charge in [-0.15, -0.1) is 0 Å². The summed E-state index contributed by atoms with van der Waals surface area (Å²) in [6.07, 6.45) is 6.90. The highest BCUT2D eigenvalue weighted by Gasteiger charge is 1.93. The maximum Gasteiger partial charge on any atom is 0.248 e. The van der Waals surface area contributed by atoms with Gasteiger partial charge in [-0.3, -0.25) is 4.79 Å². The molecule has 11 heavy (non-hydrogen) atoms. The summed E-state index contributed by atoms with van der Waals surface area (Å²) in [5.41, 5.74) is 5.34. The zero-order valence-corrected chi connectivity index (χ0v) is 6.97. The minimum atomic E-state index is -0.447. The first kappa shape index (κ1) is 9.95. The van der Waals surface area contributed by atoms with Crippen molar-refractivity contribution in [2.45, 2.75) is 26.2 Å². The van der Waals surface area contributed by atoms with E-state index in [0.717, 1.165) is 19.3 Å². The molecule has 0 aromatic rings. The van der Waals surface area contributed by atoms with Crippen LogP contribution in [0, 0.1) is 0 Å². The summed E-state index contributed by atoms with van der Waals surface area (Å²) < 4.78 is 0. The van der Waals surface area contributed by atoms with Gasteiger partial charge in [0.25, 0.3) is 0 Å². The first-order valence-corrected chi connectivity index (χ1v) is 3.83. The molecular formula is C9H15NO. The van der Waals surface area contributed by atoms with Gasteiger partial charge in [0, 0.05) is 5.57 Å². The molecule has 0 aromatic heterocycles. The van der Waals surface area contributed by atoms with Gasteiger partial charge in [-0.1, -0.05) is 38.5 Å². The number of allylic oxidation sites excluding steroid dienone is 1. The van der Waals surface area contributed by atoms with Gasteiger partial charge in [-0.25, -0.2) is 0 Å². The normalized spacial score (nSPS) is 10.3. The molecule has 0 atom stereocenters. The third-order valence-electron chi connectivity index (χ3n) is 1.36. The van der Waals surface area contributed by atoms with E-state index in [1.807, 2.05) is 6.08 Å². The van der Waals surface area contributed by atoms with Crippen molar-refractivity contribution in [3.8, 4) is 0 Å². The molecule has 0 aromatic carbocycles. The van der Waals surface area contributed by atoms with Crippen LogP contribution in [0.25, 0.3) is 0 Å². The fraction of sp³-hybridized carbons (Fsp3) is 0.444. The van der Waals surface area contributed by atoms with Crippen LogP contribution in [-0.4, -0.2) is 5.91 Å². The Hall–Kier alpha value is -1.05. The van der Waals surface area contributed by atoms with E-state index in [1.54, 1.807) is 6.08 Å². The standard InChI is InChI=1S/C9H15NO/c1-3-4-5-6-7-8(2)9(10)11/h6-7H,2-5H2,1H3,(H2,10,11). The SMILES string of the molecule is C=C(C=CCCCC)C(N)=O. The second kappa shape index (κ2) is 5.71. The maximum absolute atomic E-state index is 10.4. The molecule has 1 amide bonds. The zero-order chi connectivity index (χ0) is 8.69. The lowest BCUT2D eigenvalue weighted by Crippen LogP contribution is -2.11. The van der Waals surface area contributed by atoms with E-state index in [-0.39, 0.29) is 0 Å². The molecule has 0 radical (unpaired) electrons. The molecule has 0 spiro atoms. The molecule has 2 nitrogen and oxygen atoms in total. The van der Waals surface area contributed by atoms with Crippen molar-refractivity contribution in [2.24, 2.45) is 5.73 Å². The molecule has 0 fully saturated rings. The summed E-state index contributed by atoms with van der Waals surface area (Å²) in [6, 6.07) is 0. The van der Waals surface area contributed by atoms with Crippen molar-refractivity contribution >= 4 is 5.91 Å². The predicted molar refractivity (Wildman–Crippen MR) is 47.0 cm³/mol. The summed E-state index contributed by atoms with van der Waals surface area (Å²) in [5.74, 6) is -0.447. The molecule has 62 valence electrons. The van der Waals surface area contributed by atoms with Gasteiger partial charge in [0.2, 0.25) is 5.91 Å². The van der Waals surface area contributed by atoms with E-state index < -0.39 is 5.91 Å². The van der Waals surface area contributed by atoms with E-state index in [0.29, 0.717) is 5.57 Å². The minimum absolute atomic E-state index is 0.376. The number of carbonyl (C=O) groups excluding carboxylic acids is 1. The third kappa shape index (κ3) is 5.40. The highest BCUT2D eigenvalue weighted by molar-refractivity contribution is 5.93. The fourth-order valence-electron chi connectivity index (χ4n) is 0.630. The average Bonchev–Trinajstić information content (AvgIpc) is 1.97. The molecular weight excluding hydrogens is 138 g/mol. The van der Waals surface area contributed by atoms with Crippen molar-refractivity contribution in [1.82, 2.24) is 0 Å². The Bertz CT molecular complexity index is 170. The maximum atomic E-state index is 10.4. The van der Waals surface area contributed by atoms with Crippen LogP contribution < -0.4 is 5.73 Å². The van der Waals surface area contributed by atoms with Crippen LogP contribution in [0.2, 0.25) is 0 Å². The molecule has 0 rings (SSSR count). The number of hydrogen-bond donors (Lipinski definition) is 1. The number of unbranched alkanes of at least 4 members (excludes halogenated alkanes) is 2. The van der Waals surface area contributed by atoms with Gasteiger partial charge < -0.3 is 5.73 Å². The third-order valence-corrected chi connectivity index (χ3v) is 1.36. The van der Waals surface area contributed by atoms with E-state index in [2.05, 4.69) is 13.5 Å². The van der Waals surface area contributed by atoms with Crippen LogP contribution in [0.4, 0.5) is 0 Å². The second-order valence-corrected chi connectivity index (χ2v) is 2.43. The zero-order valence-electron chi connectivity index (χ0n) is 6.97. The molecule has 0 aliphatic heterocycles. The van der Waals surface area contributed by atoms with E-state index in [4.69, 9.17) is 5.73 Å². The van der Waals surface area contributed by atoms with Gasteiger partial charge in [-0.2, -0.15) is 0 Å². The molecule has 0 aliphatic rings. The summed E-state index contributed by atoms with van der Waals surface area (Å²) in [6.45, 7) is 5.61. The van der Waals surface area contributed by atoms with E-state index in [9.17, 15) is 4.79 Å². The molecule has 2 heteroatoms. The number of hydrogen-bond acceptors (Lipinski definition) is 1. The van der Waals surface area contributed by atoms with Crippen LogP contribution in [0.1, 0.15) is 26.2 Å². The molecule has 0 bridgehead atoms. The lowest BCUT2D eigenvalue weighted by Gasteiger charge is -1.91. The van der Waals surface area contributed by atoms with Crippen molar-refractivity contribution in [3.63, 3.8) is 0 Å². The Balaban J connectivity index is 3.57. The van der Waals surface area contributed by atoms with E-state index in [1.165, 1.54) is 0 Å². The molecule has 2 N–H and O–H groups in total. The summed E-state index contributed by atoms with van der Waals surface area (Å²) in [5, 5.41) is 0. The highest BCUT2D eigenvalue weighted by Crippen LogP contribution is 1.98. The van der Waals surface area contributed by atoms with Crippen LogP contribution >= 0.6 is 0 Å². The van der Waals surface area contributed by atoms with Crippen molar-refractivity contribution in [1.29, 1.82) is 0 Å². The molecule has 0 aliphatic carbocycles. The van der Waals surface area contributed by atoms with E-state index >= 15 is 0 Å². The number of amides is 1. The van der Waals surface area contributed by atoms with Crippen LogP contribution in [-0.2, 0) is 4.79 Å². The smallest absolute Gasteiger partial charge is 0.248 e.